The van der Waals surface area contributed by atoms with Crippen LogP contribution in [0.2, 0.25) is 0 Å². The van der Waals surface area contributed by atoms with Crippen molar-refractivity contribution in [3.8, 4) is 0 Å². The van der Waals surface area contributed by atoms with E-state index in [9.17, 15) is 73.8 Å². The molecule has 2 aliphatic heterocycles. The van der Waals surface area contributed by atoms with Crippen LogP contribution in [-0.4, -0.2) is 247 Å². The van der Waals surface area contributed by atoms with Crippen molar-refractivity contribution in [1.29, 1.82) is 0 Å². The zero-order valence-electron chi connectivity index (χ0n) is 48.9. The number of nitrogens with zero attached hydrogens (tertiary/aromatic N) is 9. The van der Waals surface area contributed by atoms with Gasteiger partial charge in [-0.15, -0.1) is 0 Å². The molecule has 2 saturated heterocycles. The number of urea groups is 1. The molecule has 5 rings (SSSR count). The van der Waals surface area contributed by atoms with Crippen molar-refractivity contribution >= 4 is 65.4 Å². The fourth-order valence-electron chi connectivity index (χ4n) is 10.4. The van der Waals surface area contributed by atoms with Gasteiger partial charge in [0.2, 0.25) is 11.9 Å². The van der Waals surface area contributed by atoms with Gasteiger partial charge in [-0.2, -0.15) is 9.97 Å². The number of unbranched alkanes of at least 4 members (excludes halogenated alkanes) is 6. The summed E-state index contributed by atoms with van der Waals surface area (Å²) >= 11 is 0. The van der Waals surface area contributed by atoms with E-state index in [4.69, 9.17) is 20.1 Å². The SMILES string of the molecule is O=C(O)CC[C@H](NC(=O)N[C@@H](CCCCNC(=O)CCCCCCCCc1nc(Cc2ccc(CC3CN(CC(=O)O)CCN(CC(=O)O)CCN(CC(=O)O)CCN3CC(=O)O)cc2)nc(N2CCN(c3ccccc3)CC2)n1)C(=O)O)C(=O)O.[Lu]. The summed E-state index contributed by atoms with van der Waals surface area (Å²) in [4.78, 5) is 133. The molecule has 1 unspecified atom stereocenters. The normalized spacial score (nSPS) is 16.4. The molecule has 87 heavy (non-hydrogen) atoms. The molecule has 3 atom stereocenters. The molecule has 2 aliphatic rings. The molecule has 1 radical (unpaired) electrons. The van der Waals surface area contributed by atoms with Crippen molar-refractivity contribution in [2.45, 2.75) is 114 Å². The van der Waals surface area contributed by atoms with Gasteiger partial charge >= 0.3 is 47.8 Å². The topological polar surface area (TPSA) is 389 Å². The van der Waals surface area contributed by atoms with Crippen LogP contribution in [-0.2, 0) is 57.6 Å². The summed E-state index contributed by atoms with van der Waals surface area (Å²) in [6, 6.07) is 13.7. The zero-order chi connectivity index (χ0) is 62.4. The molecule has 487 valence electrons. The number of hydrogen-bond acceptors (Lipinski definition) is 18. The van der Waals surface area contributed by atoms with E-state index in [1.165, 1.54) is 0 Å². The number of piperazine rings is 1. The Balaban J connectivity index is 0.0000162. The molecule has 3 amide bonds. The fourth-order valence-corrected chi connectivity index (χ4v) is 10.4. The Labute approximate surface area is 534 Å². The van der Waals surface area contributed by atoms with Gasteiger partial charge in [-0.1, -0.05) is 68.1 Å². The van der Waals surface area contributed by atoms with Gasteiger partial charge in [0.25, 0.3) is 0 Å². The van der Waals surface area contributed by atoms with Crippen LogP contribution in [0.1, 0.15) is 99.8 Å². The van der Waals surface area contributed by atoms with Crippen LogP contribution >= 0.6 is 0 Å². The molecule has 0 bridgehead atoms. The number of aromatic nitrogens is 3. The minimum absolute atomic E-state index is 0. The molecule has 1 aromatic heterocycles. The second kappa shape index (κ2) is 39.1. The zero-order valence-corrected chi connectivity index (χ0v) is 50.6. The van der Waals surface area contributed by atoms with E-state index >= 15 is 0 Å². The third-order valence-electron chi connectivity index (χ3n) is 15.0. The Bertz CT molecular complexity index is 2690. The molecule has 0 saturated carbocycles. The van der Waals surface area contributed by atoms with E-state index in [2.05, 4.69) is 37.9 Å². The predicted molar refractivity (Wildman–Crippen MR) is 313 cm³/mol. The summed E-state index contributed by atoms with van der Waals surface area (Å²) in [6.07, 6.45) is 6.78. The number of benzene rings is 2. The Morgan fingerprint density at radius 3 is 1.60 bits per heavy atom. The first kappa shape index (κ1) is 72.6. The Morgan fingerprint density at radius 2 is 1.01 bits per heavy atom. The number of para-hydroxylation sites is 1. The fraction of sp³-hybridized carbons (Fsp3) is 0.586. The van der Waals surface area contributed by atoms with E-state index in [1.54, 1.807) is 19.6 Å². The van der Waals surface area contributed by atoms with Gasteiger partial charge in [-0.3, -0.25) is 48.4 Å². The number of hydrogen-bond donors (Lipinski definition) is 10. The minimum atomic E-state index is -1.51. The standard InChI is InChI=1S/C58H84N12O16.Lu/c71-49(59-23-11-10-14-45(55(82)83)60-58(86)61-46(56(84)85)21-22-50(72)73)16-9-4-2-1-3-8-15-47-62-48(64-57(63-47)69-32-30-68(31-33-69)43-12-6-5-7-13-43)35-42-19-17-41(18-20-42)34-44-36-67(39-53(78)79)27-26-65(37-51(74)75)24-25-66(38-52(76)77)28-29-70(44)40-54(80)81;/h5-7,12-13,17-20,44-46H,1-4,8-11,14-16,21-40H2,(H,59,71)(H,72,73)(H,74,75)(H,76,77)(H,78,79)(H,80,81)(H,82,83)(H,84,85)(H2,60,61,86);/t44?,45-,46-;/m0./s1. The maximum absolute atomic E-state index is 12.5. The molecule has 0 aliphatic carbocycles. The number of amides is 3. The number of aryl methyl sites for hydroxylation is 1. The van der Waals surface area contributed by atoms with E-state index in [1.807, 2.05) is 42.5 Å². The monoisotopic (exact) mass is 1380 g/mol. The maximum atomic E-state index is 12.5. The largest absolute Gasteiger partial charge is 0.481 e. The molecule has 2 aromatic carbocycles. The summed E-state index contributed by atoms with van der Waals surface area (Å²) in [5.41, 5.74) is 2.93. The molecule has 29 heteroatoms. The predicted octanol–water partition coefficient (Wildman–Crippen LogP) is 1.89. The number of nitrogens with one attached hydrogen (secondary N) is 3. The van der Waals surface area contributed by atoms with E-state index in [0.717, 1.165) is 62.0 Å². The molecule has 3 heterocycles. The number of carbonyl (C=O) groups excluding carboxylic acids is 2. The second-order valence-corrected chi connectivity index (χ2v) is 21.8. The minimum Gasteiger partial charge on any atom is -0.481 e. The third kappa shape index (κ3) is 28.7. The average Bonchev–Trinajstić information content (AvgIpc) is 2.46. The maximum Gasteiger partial charge on any atom is 0.326 e. The van der Waals surface area contributed by atoms with Crippen molar-refractivity contribution in [2.24, 2.45) is 0 Å². The van der Waals surface area contributed by atoms with Crippen molar-refractivity contribution in [1.82, 2.24) is 50.5 Å². The van der Waals surface area contributed by atoms with Gasteiger partial charge in [0.15, 0.2) is 0 Å². The van der Waals surface area contributed by atoms with E-state index < -0.39 is 72.4 Å². The number of carboxylic acid groups (broad SMARTS) is 7. The average molecular weight is 1380 g/mol. The number of anilines is 2. The Morgan fingerprint density at radius 1 is 0.494 bits per heavy atom. The first-order valence-electron chi connectivity index (χ1n) is 29.4. The first-order chi connectivity index (χ1) is 41.2. The van der Waals surface area contributed by atoms with Crippen molar-refractivity contribution < 1.29 is 116 Å². The number of aliphatic carboxylic acids is 7. The molecular formula is C58H84LuN12O16. The van der Waals surface area contributed by atoms with Crippen molar-refractivity contribution in [3.05, 3.63) is 77.4 Å². The van der Waals surface area contributed by atoms with Crippen LogP contribution in [0.25, 0.3) is 0 Å². The van der Waals surface area contributed by atoms with Gasteiger partial charge in [0.05, 0.1) is 26.2 Å². The number of carboxylic acids is 7. The van der Waals surface area contributed by atoms with Crippen LogP contribution in [0.3, 0.4) is 0 Å². The van der Waals surface area contributed by atoms with Crippen LogP contribution in [0, 0.1) is 36.9 Å². The molecule has 28 nitrogen and oxygen atoms in total. The summed E-state index contributed by atoms with van der Waals surface area (Å²) in [5, 5.41) is 74.0. The van der Waals surface area contributed by atoms with Crippen LogP contribution in [0.5, 0.6) is 0 Å². The molecule has 0 spiro atoms. The summed E-state index contributed by atoms with van der Waals surface area (Å²) in [7, 11) is 0. The van der Waals surface area contributed by atoms with Crippen LogP contribution in [0.4, 0.5) is 16.4 Å². The van der Waals surface area contributed by atoms with Crippen LogP contribution < -0.4 is 25.8 Å². The Hall–Kier alpha value is -6.85. The quantitative estimate of drug-likeness (QED) is 0.0376. The smallest absolute Gasteiger partial charge is 0.326 e. The first-order valence-corrected chi connectivity index (χ1v) is 29.4. The molecule has 2 fully saturated rings. The van der Waals surface area contributed by atoms with Crippen molar-refractivity contribution in [3.63, 3.8) is 0 Å². The number of carbonyl (C=O) groups is 9. The number of rotatable bonds is 35. The third-order valence-corrected chi connectivity index (χ3v) is 15.0. The van der Waals surface area contributed by atoms with Gasteiger partial charge in [-0.05, 0) is 68.2 Å². The van der Waals surface area contributed by atoms with Gasteiger partial charge < -0.3 is 61.5 Å². The Kier molecular flexibility index (Phi) is 32.7. The second-order valence-electron chi connectivity index (χ2n) is 21.8. The molecule has 3 aromatic rings. The summed E-state index contributed by atoms with van der Waals surface area (Å²) in [5.74, 6) is -6.58. The molecule has 10 N–H and O–H groups in total. The van der Waals surface area contributed by atoms with Crippen LogP contribution in [0.15, 0.2) is 54.6 Å². The van der Waals surface area contributed by atoms with Gasteiger partial charge in [0.1, 0.15) is 23.7 Å². The van der Waals surface area contributed by atoms with E-state index in [0.29, 0.717) is 82.2 Å². The van der Waals surface area contributed by atoms with Gasteiger partial charge in [0, 0.05) is 153 Å². The summed E-state index contributed by atoms with van der Waals surface area (Å²) < 4.78 is 0. The van der Waals surface area contributed by atoms with Crippen molar-refractivity contribution in [2.75, 3.05) is 115 Å². The molecular weight excluding hydrogens is 1300 g/mol. The van der Waals surface area contributed by atoms with Gasteiger partial charge in [-0.25, -0.2) is 19.4 Å². The van der Waals surface area contributed by atoms with E-state index in [-0.39, 0.29) is 128 Å². The summed E-state index contributed by atoms with van der Waals surface area (Å²) in [6.45, 7) is 3.22.